The average Bonchev–Trinajstić information content (AvgIpc) is 2.32. The van der Waals surface area contributed by atoms with E-state index in [-0.39, 0.29) is 24.3 Å². The van der Waals surface area contributed by atoms with Crippen molar-refractivity contribution >= 4 is 12.4 Å². The summed E-state index contributed by atoms with van der Waals surface area (Å²) in [5, 5.41) is 0. The molecule has 0 aliphatic carbocycles. The molecule has 2 rings (SSSR count). The van der Waals surface area contributed by atoms with E-state index in [1.54, 1.807) is 6.07 Å². The van der Waals surface area contributed by atoms with Crippen molar-refractivity contribution in [2.24, 2.45) is 5.73 Å². The number of rotatable bonds is 3. The average molecular weight is 273 g/mol. The Morgan fingerprint density at radius 1 is 1.39 bits per heavy atom. The van der Waals surface area contributed by atoms with Crippen molar-refractivity contribution in [3.8, 4) is 0 Å². The molecule has 1 aromatic carbocycles. The third kappa shape index (κ3) is 3.67. The molecule has 2 N–H and O–H groups in total. The summed E-state index contributed by atoms with van der Waals surface area (Å²) in [6, 6.07) is 7.56. The summed E-state index contributed by atoms with van der Waals surface area (Å²) in [5.74, 6) is -0.110. The van der Waals surface area contributed by atoms with Crippen LogP contribution in [0.5, 0.6) is 0 Å². The standard InChI is InChI=1S/C14H21FN2.ClH/c1-11(16)14-8-4-5-9-17(14)10-12-6-2-3-7-13(12)15;/h2-3,6-7,11,14H,4-5,8-10,16H2,1H3;1H. The highest BCUT2D eigenvalue weighted by molar-refractivity contribution is 5.85. The first-order valence-corrected chi connectivity index (χ1v) is 6.41. The molecule has 1 aliphatic heterocycles. The Bertz CT molecular complexity index is 371. The highest BCUT2D eigenvalue weighted by Gasteiger charge is 2.25. The van der Waals surface area contributed by atoms with E-state index in [9.17, 15) is 4.39 Å². The fraction of sp³-hybridized carbons (Fsp3) is 0.571. The van der Waals surface area contributed by atoms with Crippen LogP contribution in [0, 0.1) is 5.82 Å². The second kappa shape index (κ2) is 7.07. The molecule has 4 heteroatoms. The molecule has 2 nitrogen and oxygen atoms in total. The van der Waals surface area contributed by atoms with Crippen LogP contribution in [0.3, 0.4) is 0 Å². The highest BCUT2D eigenvalue weighted by Crippen LogP contribution is 2.22. The number of hydrogen-bond acceptors (Lipinski definition) is 2. The van der Waals surface area contributed by atoms with Crippen LogP contribution in [-0.2, 0) is 6.54 Å². The monoisotopic (exact) mass is 272 g/mol. The van der Waals surface area contributed by atoms with Crippen molar-refractivity contribution in [3.05, 3.63) is 35.6 Å². The van der Waals surface area contributed by atoms with Gasteiger partial charge in [0.2, 0.25) is 0 Å². The predicted molar refractivity (Wildman–Crippen MR) is 75.3 cm³/mol. The van der Waals surface area contributed by atoms with E-state index in [0.29, 0.717) is 12.6 Å². The molecular formula is C14H22ClFN2. The molecule has 1 aliphatic rings. The number of hydrogen-bond donors (Lipinski definition) is 1. The number of likely N-dealkylation sites (tertiary alicyclic amines) is 1. The molecule has 0 amide bonds. The summed E-state index contributed by atoms with van der Waals surface area (Å²) in [4.78, 5) is 2.33. The third-order valence-electron chi connectivity index (χ3n) is 3.60. The Labute approximate surface area is 115 Å². The number of halogens is 2. The van der Waals surface area contributed by atoms with Crippen LogP contribution in [0.15, 0.2) is 24.3 Å². The molecule has 0 spiro atoms. The topological polar surface area (TPSA) is 29.3 Å². The van der Waals surface area contributed by atoms with Crippen LogP contribution in [0.1, 0.15) is 31.7 Å². The van der Waals surface area contributed by atoms with Gasteiger partial charge in [0.25, 0.3) is 0 Å². The normalized spacial score (nSPS) is 22.3. The summed E-state index contributed by atoms with van der Waals surface area (Å²) in [6.07, 6.45) is 3.56. The molecule has 0 bridgehead atoms. The van der Waals surface area contributed by atoms with Gasteiger partial charge in [-0.15, -0.1) is 12.4 Å². The second-order valence-electron chi connectivity index (χ2n) is 4.98. The number of nitrogens with zero attached hydrogens (tertiary/aromatic N) is 1. The maximum Gasteiger partial charge on any atom is 0.127 e. The molecular weight excluding hydrogens is 251 g/mol. The van der Waals surface area contributed by atoms with Crippen molar-refractivity contribution < 1.29 is 4.39 Å². The molecule has 0 aromatic heterocycles. The maximum atomic E-state index is 13.6. The third-order valence-corrected chi connectivity index (χ3v) is 3.60. The lowest BCUT2D eigenvalue weighted by molar-refractivity contribution is 0.121. The first-order chi connectivity index (χ1) is 8.18. The van der Waals surface area contributed by atoms with Crippen LogP contribution in [0.25, 0.3) is 0 Å². The molecule has 102 valence electrons. The summed E-state index contributed by atoms with van der Waals surface area (Å²) >= 11 is 0. The predicted octanol–water partition coefficient (Wildman–Crippen LogP) is 2.95. The Morgan fingerprint density at radius 3 is 2.78 bits per heavy atom. The van der Waals surface area contributed by atoms with Gasteiger partial charge in [-0.05, 0) is 32.4 Å². The largest absolute Gasteiger partial charge is 0.327 e. The zero-order valence-electron chi connectivity index (χ0n) is 10.8. The maximum absolute atomic E-state index is 13.6. The minimum atomic E-state index is -0.110. The number of nitrogens with two attached hydrogens (primary N) is 1. The molecule has 1 fully saturated rings. The van der Waals surface area contributed by atoms with E-state index in [1.165, 1.54) is 18.9 Å². The Balaban J connectivity index is 0.00000162. The van der Waals surface area contributed by atoms with E-state index >= 15 is 0 Å². The van der Waals surface area contributed by atoms with Gasteiger partial charge in [-0.1, -0.05) is 24.6 Å². The molecule has 2 atom stereocenters. The van der Waals surface area contributed by atoms with Crippen molar-refractivity contribution in [1.29, 1.82) is 0 Å². The quantitative estimate of drug-likeness (QED) is 0.917. The number of benzene rings is 1. The van der Waals surface area contributed by atoms with Crippen LogP contribution in [0.4, 0.5) is 4.39 Å². The van der Waals surface area contributed by atoms with Gasteiger partial charge in [-0.3, -0.25) is 4.90 Å². The minimum Gasteiger partial charge on any atom is -0.327 e. The van der Waals surface area contributed by atoms with Gasteiger partial charge < -0.3 is 5.73 Å². The summed E-state index contributed by atoms with van der Waals surface area (Å²) in [6.45, 7) is 3.75. The van der Waals surface area contributed by atoms with Crippen LogP contribution >= 0.6 is 12.4 Å². The Hall–Kier alpha value is -0.640. The lowest BCUT2D eigenvalue weighted by Gasteiger charge is -2.38. The Kier molecular flexibility index (Phi) is 6.06. The molecule has 0 saturated carbocycles. The molecule has 18 heavy (non-hydrogen) atoms. The van der Waals surface area contributed by atoms with Gasteiger partial charge in [0.1, 0.15) is 5.82 Å². The molecule has 1 heterocycles. The minimum absolute atomic E-state index is 0. The van der Waals surface area contributed by atoms with Crippen LogP contribution < -0.4 is 5.73 Å². The fourth-order valence-electron chi connectivity index (χ4n) is 2.65. The van der Waals surface area contributed by atoms with Crippen molar-refractivity contribution in [3.63, 3.8) is 0 Å². The molecule has 1 aromatic rings. The van der Waals surface area contributed by atoms with Gasteiger partial charge in [0.05, 0.1) is 0 Å². The molecule has 2 unspecified atom stereocenters. The zero-order valence-corrected chi connectivity index (χ0v) is 11.6. The van der Waals surface area contributed by atoms with Gasteiger partial charge in [-0.25, -0.2) is 4.39 Å². The van der Waals surface area contributed by atoms with E-state index in [0.717, 1.165) is 18.5 Å². The van der Waals surface area contributed by atoms with Gasteiger partial charge in [-0.2, -0.15) is 0 Å². The van der Waals surface area contributed by atoms with Crippen molar-refractivity contribution in [2.45, 2.75) is 44.8 Å². The molecule has 1 saturated heterocycles. The zero-order chi connectivity index (χ0) is 12.3. The van der Waals surface area contributed by atoms with Gasteiger partial charge >= 0.3 is 0 Å². The summed E-state index contributed by atoms with van der Waals surface area (Å²) in [5.41, 5.74) is 6.79. The summed E-state index contributed by atoms with van der Waals surface area (Å²) in [7, 11) is 0. The first-order valence-electron chi connectivity index (χ1n) is 6.41. The van der Waals surface area contributed by atoms with Crippen molar-refractivity contribution in [2.75, 3.05) is 6.54 Å². The number of piperidine rings is 1. The first kappa shape index (κ1) is 15.4. The van der Waals surface area contributed by atoms with Crippen molar-refractivity contribution in [1.82, 2.24) is 4.90 Å². The lowest BCUT2D eigenvalue weighted by atomic mass is 9.96. The lowest BCUT2D eigenvalue weighted by Crippen LogP contribution is -2.48. The van der Waals surface area contributed by atoms with Crippen LogP contribution in [-0.4, -0.2) is 23.5 Å². The van der Waals surface area contributed by atoms with E-state index in [1.807, 2.05) is 19.1 Å². The van der Waals surface area contributed by atoms with E-state index in [4.69, 9.17) is 5.73 Å². The summed E-state index contributed by atoms with van der Waals surface area (Å²) < 4.78 is 13.6. The second-order valence-corrected chi connectivity index (χ2v) is 4.98. The van der Waals surface area contributed by atoms with Gasteiger partial charge in [0.15, 0.2) is 0 Å². The SMILES string of the molecule is CC(N)C1CCCCN1Cc1ccccc1F.Cl. The van der Waals surface area contributed by atoms with Gasteiger partial charge in [0, 0.05) is 24.2 Å². The van der Waals surface area contributed by atoms with E-state index in [2.05, 4.69) is 4.90 Å². The Morgan fingerprint density at radius 2 is 2.11 bits per heavy atom. The highest BCUT2D eigenvalue weighted by atomic mass is 35.5. The molecule has 0 radical (unpaired) electrons. The fourth-order valence-corrected chi connectivity index (χ4v) is 2.65. The smallest absolute Gasteiger partial charge is 0.127 e. The van der Waals surface area contributed by atoms with E-state index < -0.39 is 0 Å². The van der Waals surface area contributed by atoms with Crippen LogP contribution in [0.2, 0.25) is 0 Å².